The summed E-state index contributed by atoms with van der Waals surface area (Å²) >= 11 is 0. The van der Waals surface area contributed by atoms with E-state index in [2.05, 4.69) is 12.2 Å². The van der Waals surface area contributed by atoms with Crippen LogP contribution in [0.4, 0.5) is 0 Å². The van der Waals surface area contributed by atoms with Crippen molar-refractivity contribution >= 4 is 0 Å². The van der Waals surface area contributed by atoms with E-state index >= 15 is 0 Å². The Morgan fingerprint density at radius 1 is 1.53 bits per heavy atom. The summed E-state index contributed by atoms with van der Waals surface area (Å²) < 4.78 is 5.63. The number of aromatic hydroxyl groups is 1. The Bertz CT molecular complexity index is 372. The largest absolute Gasteiger partial charge is 0.508 e. The number of rotatable bonds is 4. The molecule has 1 aliphatic rings. The van der Waals surface area contributed by atoms with E-state index in [4.69, 9.17) is 4.74 Å². The molecular formula is C14H21NO2. The van der Waals surface area contributed by atoms with Gasteiger partial charge in [-0.25, -0.2) is 0 Å². The number of ether oxygens (including phenoxy) is 1. The minimum atomic E-state index is 0.321. The average Bonchev–Trinajstić information content (AvgIpc) is 2.83. The predicted octanol–water partition coefficient (Wildman–Crippen LogP) is 2.36. The third-order valence-corrected chi connectivity index (χ3v) is 3.37. The highest BCUT2D eigenvalue weighted by atomic mass is 16.5. The highest BCUT2D eigenvalue weighted by Gasteiger charge is 2.21. The van der Waals surface area contributed by atoms with E-state index in [1.54, 1.807) is 6.07 Å². The summed E-state index contributed by atoms with van der Waals surface area (Å²) in [4.78, 5) is 0. The van der Waals surface area contributed by atoms with Crippen molar-refractivity contribution in [1.82, 2.24) is 5.32 Å². The van der Waals surface area contributed by atoms with E-state index in [1.165, 1.54) is 5.56 Å². The molecule has 2 atom stereocenters. The molecule has 0 aromatic heterocycles. The lowest BCUT2D eigenvalue weighted by Gasteiger charge is -2.20. The molecule has 1 saturated heterocycles. The maximum atomic E-state index is 9.74. The van der Waals surface area contributed by atoms with Crippen molar-refractivity contribution in [2.45, 2.75) is 45.4 Å². The fraction of sp³-hybridized carbons (Fsp3) is 0.571. The molecule has 1 aromatic carbocycles. The molecule has 2 N–H and O–H groups in total. The van der Waals surface area contributed by atoms with Gasteiger partial charge < -0.3 is 15.2 Å². The molecule has 3 nitrogen and oxygen atoms in total. The molecule has 1 aliphatic heterocycles. The molecule has 1 aromatic rings. The zero-order chi connectivity index (χ0) is 12.3. The Labute approximate surface area is 103 Å². The van der Waals surface area contributed by atoms with Crippen molar-refractivity contribution in [2.75, 3.05) is 6.61 Å². The fourth-order valence-corrected chi connectivity index (χ4v) is 2.26. The number of aryl methyl sites for hydroxylation is 1. The van der Waals surface area contributed by atoms with Crippen LogP contribution in [0.1, 0.15) is 30.9 Å². The zero-order valence-corrected chi connectivity index (χ0v) is 10.6. The van der Waals surface area contributed by atoms with Gasteiger partial charge in [-0.15, -0.1) is 0 Å². The van der Waals surface area contributed by atoms with Crippen molar-refractivity contribution in [1.29, 1.82) is 0 Å². The number of nitrogens with one attached hydrogen (secondary N) is 1. The fourth-order valence-electron chi connectivity index (χ4n) is 2.26. The first kappa shape index (κ1) is 12.4. The lowest BCUT2D eigenvalue weighted by molar-refractivity contribution is 0.0831. The summed E-state index contributed by atoms with van der Waals surface area (Å²) in [5.41, 5.74) is 2.12. The van der Waals surface area contributed by atoms with Crippen molar-refractivity contribution < 1.29 is 9.84 Å². The van der Waals surface area contributed by atoms with Gasteiger partial charge in [-0.05, 0) is 32.8 Å². The number of hydrogen-bond donors (Lipinski definition) is 2. The van der Waals surface area contributed by atoms with Gasteiger partial charge in [0.2, 0.25) is 0 Å². The van der Waals surface area contributed by atoms with Gasteiger partial charge in [0, 0.05) is 24.8 Å². The summed E-state index contributed by atoms with van der Waals surface area (Å²) in [6.07, 6.45) is 2.61. The van der Waals surface area contributed by atoms with Crippen molar-refractivity contribution in [2.24, 2.45) is 0 Å². The third kappa shape index (κ3) is 3.20. The summed E-state index contributed by atoms with van der Waals surface area (Å²) in [6.45, 7) is 5.75. The van der Waals surface area contributed by atoms with Crippen LogP contribution in [0.2, 0.25) is 0 Å². The van der Waals surface area contributed by atoms with Crippen LogP contribution in [-0.2, 0) is 11.3 Å². The molecule has 94 valence electrons. The van der Waals surface area contributed by atoms with Crippen LogP contribution in [0, 0.1) is 6.92 Å². The van der Waals surface area contributed by atoms with Gasteiger partial charge in [0.25, 0.3) is 0 Å². The Kier molecular flexibility index (Phi) is 4.02. The monoisotopic (exact) mass is 235 g/mol. The van der Waals surface area contributed by atoms with E-state index in [0.717, 1.165) is 25.0 Å². The minimum Gasteiger partial charge on any atom is -0.508 e. The third-order valence-electron chi connectivity index (χ3n) is 3.37. The number of phenols is 1. The van der Waals surface area contributed by atoms with Gasteiger partial charge in [-0.1, -0.05) is 17.7 Å². The molecular weight excluding hydrogens is 214 g/mol. The Hall–Kier alpha value is -1.06. The van der Waals surface area contributed by atoms with E-state index in [-0.39, 0.29) is 0 Å². The SMILES string of the molecule is Cc1ccc(O)c(CN[C@@H](C)[C@@H]2CCCO2)c1. The van der Waals surface area contributed by atoms with Crippen LogP contribution < -0.4 is 5.32 Å². The van der Waals surface area contributed by atoms with E-state index in [9.17, 15) is 5.11 Å². The lowest BCUT2D eigenvalue weighted by atomic mass is 10.1. The highest BCUT2D eigenvalue weighted by Crippen LogP contribution is 2.19. The summed E-state index contributed by atoms with van der Waals surface area (Å²) in [5.74, 6) is 0.364. The van der Waals surface area contributed by atoms with Gasteiger partial charge in [0.1, 0.15) is 5.75 Å². The maximum absolute atomic E-state index is 9.74. The van der Waals surface area contributed by atoms with Gasteiger partial charge in [-0.2, -0.15) is 0 Å². The van der Waals surface area contributed by atoms with Gasteiger partial charge in [0.05, 0.1) is 6.10 Å². The standard InChI is InChI=1S/C14H21NO2/c1-10-5-6-13(16)12(8-10)9-15-11(2)14-4-3-7-17-14/h5-6,8,11,14-16H,3-4,7,9H2,1-2H3/t11-,14-/m0/s1. The normalized spacial score (nSPS) is 21.6. The molecule has 0 spiro atoms. The molecule has 1 fully saturated rings. The Balaban J connectivity index is 1.90. The lowest BCUT2D eigenvalue weighted by Crippen LogP contribution is -2.36. The van der Waals surface area contributed by atoms with Gasteiger partial charge in [-0.3, -0.25) is 0 Å². The molecule has 0 radical (unpaired) electrons. The number of hydrogen-bond acceptors (Lipinski definition) is 3. The quantitative estimate of drug-likeness (QED) is 0.841. The van der Waals surface area contributed by atoms with E-state index in [1.807, 2.05) is 19.1 Å². The van der Waals surface area contributed by atoms with Crippen LogP contribution >= 0.6 is 0 Å². The predicted molar refractivity (Wildman–Crippen MR) is 68.1 cm³/mol. The van der Waals surface area contributed by atoms with E-state index in [0.29, 0.717) is 24.4 Å². The smallest absolute Gasteiger partial charge is 0.120 e. The maximum Gasteiger partial charge on any atom is 0.120 e. The second-order valence-electron chi connectivity index (χ2n) is 4.85. The van der Waals surface area contributed by atoms with Crippen molar-refractivity contribution in [3.63, 3.8) is 0 Å². The van der Waals surface area contributed by atoms with Gasteiger partial charge in [0.15, 0.2) is 0 Å². The molecule has 0 amide bonds. The van der Waals surface area contributed by atoms with Gasteiger partial charge >= 0.3 is 0 Å². The summed E-state index contributed by atoms with van der Waals surface area (Å²) in [6, 6.07) is 6.02. The van der Waals surface area contributed by atoms with Crippen LogP contribution in [-0.4, -0.2) is 23.9 Å². The first-order chi connectivity index (χ1) is 8.16. The average molecular weight is 235 g/mol. The number of phenolic OH excluding ortho intramolecular Hbond substituents is 1. The molecule has 17 heavy (non-hydrogen) atoms. The van der Waals surface area contributed by atoms with Crippen molar-refractivity contribution in [3.05, 3.63) is 29.3 Å². The van der Waals surface area contributed by atoms with E-state index < -0.39 is 0 Å². The first-order valence-corrected chi connectivity index (χ1v) is 6.30. The van der Waals surface area contributed by atoms with Crippen LogP contribution in [0.15, 0.2) is 18.2 Å². The molecule has 1 heterocycles. The Morgan fingerprint density at radius 2 is 2.35 bits per heavy atom. The highest BCUT2D eigenvalue weighted by molar-refractivity contribution is 5.35. The number of benzene rings is 1. The zero-order valence-electron chi connectivity index (χ0n) is 10.6. The van der Waals surface area contributed by atoms with Crippen LogP contribution in [0.5, 0.6) is 5.75 Å². The molecule has 0 saturated carbocycles. The summed E-state index contributed by atoms with van der Waals surface area (Å²) in [7, 11) is 0. The molecule has 3 heteroatoms. The second-order valence-corrected chi connectivity index (χ2v) is 4.85. The van der Waals surface area contributed by atoms with Crippen LogP contribution in [0.25, 0.3) is 0 Å². The molecule has 0 aliphatic carbocycles. The van der Waals surface area contributed by atoms with Crippen molar-refractivity contribution in [3.8, 4) is 5.75 Å². The molecule has 2 rings (SSSR count). The summed E-state index contributed by atoms with van der Waals surface area (Å²) in [5, 5.41) is 13.2. The molecule has 0 bridgehead atoms. The molecule has 0 unspecified atom stereocenters. The Morgan fingerprint density at radius 3 is 3.06 bits per heavy atom. The second kappa shape index (κ2) is 5.52. The minimum absolute atomic E-state index is 0.321. The first-order valence-electron chi connectivity index (χ1n) is 6.30. The van der Waals surface area contributed by atoms with Crippen LogP contribution in [0.3, 0.4) is 0 Å². The topological polar surface area (TPSA) is 41.5 Å².